The number of benzene rings is 3. The number of ether oxygens (including phenoxy) is 3. The third kappa shape index (κ3) is 13.0. The zero-order chi connectivity index (χ0) is 33.6. The molecular weight excluding hydrogens is 609 g/mol. The molecule has 0 fully saturated rings. The highest BCUT2D eigenvalue weighted by Gasteiger charge is 2.39. The van der Waals surface area contributed by atoms with E-state index >= 15 is 0 Å². The highest BCUT2D eigenvalue weighted by molar-refractivity contribution is 8.13. The maximum absolute atomic E-state index is 12.8. The van der Waals surface area contributed by atoms with Gasteiger partial charge in [0.15, 0.2) is 5.12 Å². The molecule has 0 aliphatic carbocycles. The minimum atomic E-state index is -1.35. The maximum Gasteiger partial charge on any atom is 0.349 e. The first-order chi connectivity index (χ1) is 23.0. The van der Waals surface area contributed by atoms with E-state index in [2.05, 4.69) is 6.92 Å². The topological polar surface area (TPSA) is 78.9 Å². The van der Waals surface area contributed by atoms with Crippen LogP contribution in [0, 0.1) is 0 Å². The van der Waals surface area contributed by atoms with Crippen LogP contribution in [0.1, 0.15) is 107 Å². The minimum absolute atomic E-state index is 0.269. The molecular formula is C40H52O6S. The first-order valence-electron chi connectivity index (χ1n) is 17.2. The van der Waals surface area contributed by atoms with Crippen molar-refractivity contribution in [3.05, 3.63) is 108 Å². The van der Waals surface area contributed by atoms with Crippen molar-refractivity contribution in [2.24, 2.45) is 0 Å². The van der Waals surface area contributed by atoms with Crippen LogP contribution in [0.2, 0.25) is 0 Å². The molecule has 3 rings (SSSR count). The van der Waals surface area contributed by atoms with Gasteiger partial charge in [0.05, 0.1) is 13.7 Å². The van der Waals surface area contributed by atoms with Gasteiger partial charge in [-0.1, -0.05) is 180 Å². The van der Waals surface area contributed by atoms with Gasteiger partial charge in [-0.05, 0) is 23.1 Å². The van der Waals surface area contributed by atoms with E-state index in [0.717, 1.165) is 41.3 Å². The maximum atomic E-state index is 12.8. The fourth-order valence-electron chi connectivity index (χ4n) is 5.75. The molecule has 7 heteroatoms. The number of carbonyl (C=O) groups excluding carboxylic acids is 3. The lowest BCUT2D eigenvalue weighted by Crippen LogP contribution is -2.40. The Labute approximate surface area is 286 Å². The summed E-state index contributed by atoms with van der Waals surface area (Å²) in [7, 11) is 1.23. The Morgan fingerprint density at radius 1 is 0.638 bits per heavy atom. The van der Waals surface area contributed by atoms with Crippen LogP contribution in [0.3, 0.4) is 0 Å². The lowest BCUT2D eigenvalue weighted by molar-refractivity contribution is -0.173. The molecule has 0 saturated heterocycles. The van der Waals surface area contributed by atoms with Crippen LogP contribution in [0.15, 0.2) is 91.0 Å². The number of rotatable bonds is 23. The Bertz CT molecular complexity index is 1200. The monoisotopic (exact) mass is 660 g/mol. The van der Waals surface area contributed by atoms with E-state index in [1.807, 2.05) is 91.0 Å². The standard InChI is InChI=1S/C40H52O6S/c1-3-4-5-6-7-8-9-10-11-12-13-23-30-47-38(42)31-37(41)46-36(39(43)44-2)32-45-40(33-24-17-14-18-25-33,34-26-19-15-20-27-34)35-28-21-16-22-29-35/h14-22,24-29,36H,3-13,23,30-32H2,1-2H3/t36-/m1/s1. The molecule has 0 unspecified atom stereocenters. The van der Waals surface area contributed by atoms with Crippen molar-refractivity contribution in [3.8, 4) is 0 Å². The molecule has 0 aliphatic heterocycles. The van der Waals surface area contributed by atoms with Crippen LogP contribution in [0.25, 0.3) is 0 Å². The number of thioether (sulfide) groups is 1. The molecule has 3 aromatic carbocycles. The lowest BCUT2D eigenvalue weighted by Gasteiger charge is -2.36. The Morgan fingerprint density at radius 2 is 1.06 bits per heavy atom. The van der Waals surface area contributed by atoms with Crippen molar-refractivity contribution in [1.82, 2.24) is 0 Å². The summed E-state index contributed by atoms with van der Waals surface area (Å²) in [5.41, 5.74) is 1.42. The number of methoxy groups -OCH3 is 1. The van der Waals surface area contributed by atoms with Crippen molar-refractivity contribution in [2.75, 3.05) is 19.5 Å². The molecule has 0 radical (unpaired) electrons. The summed E-state index contributed by atoms with van der Waals surface area (Å²) in [6.45, 7) is 1.97. The van der Waals surface area contributed by atoms with E-state index in [-0.39, 0.29) is 11.7 Å². The fourth-order valence-corrected chi connectivity index (χ4v) is 6.55. The summed E-state index contributed by atoms with van der Waals surface area (Å²) < 4.78 is 17.2. The number of carbonyl (C=O) groups is 3. The summed E-state index contributed by atoms with van der Waals surface area (Å²) in [4.78, 5) is 38.2. The molecule has 254 valence electrons. The second-order valence-electron chi connectivity index (χ2n) is 11.9. The SMILES string of the molecule is CCCCCCCCCCCCCCSC(=O)CC(=O)O[C@H](COC(c1ccccc1)(c1ccccc1)c1ccccc1)C(=O)OC. The smallest absolute Gasteiger partial charge is 0.349 e. The van der Waals surface area contributed by atoms with Gasteiger partial charge in [0, 0.05) is 5.75 Å². The Balaban J connectivity index is 1.52. The average molecular weight is 661 g/mol. The number of hydrogen-bond acceptors (Lipinski definition) is 7. The molecule has 6 nitrogen and oxygen atoms in total. The molecule has 0 spiro atoms. The molecule has 47 heavy (non-hydrogen) atoms. The third-order valence-corrected chi connectivity index (χ3v) is 9.24. The van der Waals surface area contributed by atoms with Gasteiger partial charge < -0.3 is 14.2 Å². The minimum Gasteiger partial charge on any atom is -0.466 e. The highest BCUT2D eigenvalue weighted by Crippen LogP contribution is 2.40. The Hall–Kier alpha value is -3.42. The van der Waals surface area contributed by atoms with Crippen molar-refractivity contribution < 1.29 is 28.6 Å². The van der Waals surface area contributed by atoms with E-state index in [4.69, 9.17) is 14.2 Å². The normalized spacial score (nSPS) is 12.0. The predicted molar refractivity (Wildman–Crippen MR) is 190 cm³/mol. The first kappa shape index (κ1) is 38.0. The molecule has 0 aliphatic rings. The van der Waals surface area contributed by atoms with Gasteiger partial charge in [0.2, 0.25) is 6.10 Å². The third-order valence-electron chi connectivity index (χ3n) is 8.28. The molecule has 3 aromatic rings. The van der Waals surface area contributed by atoms with E-state index in [1.54, 1.807) is 0 Å². The summed E-state index contributed by atoms with van der Waals surface area (Å²) in [5, 5.41) is -0.269. The molecule has 0 bridgehead atoms. The van der Waals surface area contributed by atoms with E-state index in [0.29, 0.717) is 5.75 Å². The van der Waals surface area contributed by atoms with E-state index < -0.39 is 30.1 Å². The van der Waals surface area contributed by atoms with Gasteiger partial charge >= 0.3 is 11.9 Å². The largest absolute Gasteiger partial charge is 0.466 e. The highest BCUT2D eigenvalue weighted by atomic mass is 32.2. The molecule has 0 amide bonds. The van der Waals surface area contributed by atoms with Crippen LogP contribution in [-0.2, 0) is 34.2 Å². The van der Waals surface area contributed by atoms with Gasteiger partial charge in [-0.3, -0.25) is 9.59 Å². The summed E-state index contributed by atoms with van der Waals surface area (Å²) in [6.07, 6.45) is 13.3. The van der Waals surface area contributed by atoms with Crippen molar-refractivity contribution in [2.45, 2.75) is 102 Å². The molecule has 0 aromatic heterocycles. The van der Waals surface area contributed by atoms with Crippen molar-refractivity contribution >= 4 is 28.8 Å². The molecule has 0 saturated carbocycles. The van der Waals surface area contributed by atoms with Crippen LogP contribution >= 0.6 is 11.8 Å². The average Bonchev–Trinajstić information content (AvgIpc) is 3.11. The first-order valence-corrected chi connectivity index (χ1v) is 18.2. The molecule has 0 heterocycles. The number of esters is 2. The van der Waals surface area contributed by atoms with E-state index in [1.165, 1.54) is 71.3 Å². The number of hydrogen-bond donors (Lipinski definition) is 0. The summed E-state index contributed by atoms with van der Waals surface area (Å²) in [6, 6.07) is 29.1. The van der Waals surface area contributed by atoms with Gasteiger partial charge in [-0.25, -0.2) is 4.79 Å². The van der Waals surface area contributed by atoms with Crippen molar-refractivity contribution in [1.29, 1.82) is 0 Å². The summed E-state index contributed by atoms with van der Waals surface area (Å²) in [5.74, 6) is -0.861. The summed E-state index contributed by atoms with van der Waals surface area (Å²) >= 11 is 1.15. The van der Waals surface area contributed by atoms with Crippen LogP contribution in [0.4, 0.5) is 0 Å². The predicted octanol–water partition coefficient (Wildman–Crippen LogP) is 9.43. The van der Waals surface area contributed by atoms with Gasteiger partial charge in [0.25, 0.3) is 0 Å². The van der Waals surface area contributed by atoms with Crippen LogP contribution < -0.4 is 0 Å². The quantitative estimate of drug-likeness (QED) is 0.0434. The van der Waals surface area contributed by atoms with Crippen molar-refractivity contribution in [3.63, 3.8) is 0 Å². The van der Waals surface area contributed by atoms with Crippen LogP contribution in [-0.4, -0.2) is 42.6 Å². The van der Waals surface area contributed by atoms with E-state index in [9.17, 15) is 14.4 Å². The number of unbranched alkanes of at least 4 members (excludes halogenated alkanes) is 11. The second kappa shape index (κ2) is 22.2. The van der Waals surface area contributed by atoms with Gasteiger partial charge in [0.1, 0.15) is 12.0 Å². The van der Waals surface area contributed by atoms with Gasteiger partial charge in [-0.15, -0.1) is 0 Å². The van der Waals surface area contributed by atoms with Crippen LogP contribution in [0.5, 0.6) is 0 Å². The second-order valence-corrected chi connectivity index (χ2v) is 13.0. The van der Waals surface area contributed by atoms with Gasteiger partial charge in [-0.2, -0.15) is 0 Å². The Morgan fingerprint density at radius 3 is 1.49 bits per heavy atom. The zero-order valence-corrected chi connectivity index (χ0v) is 29.0. The molecule has 0 N–H and O–H groups in total. The zero-order valence-electron chi connectivity index (χ0n) is 28.2. The Kier molecular flexibility index (Phi) is 18.0. The fraction of sp³-hybridized carbons (Fsp3) is 0.475. The molecule has 1 atom stereocenters. The lowest BCUT2D eigenvalue weighted by atomic mass is 9.80.